The Morgan fingerprint density at radius 2 is 2.32 bits per heavy atom. The first-order chi connectivity index (χ1) is 9.10. The maximum atomic E-state index is 11.2. The highest BCUT2D eigenvalue weighted by Crippen LogP contribution is 2.28. The Kier molecular flexibility index (Phi) is 4.27. The zero-order valence-corrected chi connectivity index (χ0v) is 11.3. The number of hydrogen-bond acceptors (Lipinski definition) is 4. The molecule has 1 aromatic carbocycles. The van der Waals surface area contributed by atoms with Crippen LogP contribution in [0.2, 0.25) is 0 Å². The number of nitrogens with two attached hydrogens (primary N) is 1. The van der Waals surface area contributed by atoms with Crippen LogP contribution in [0.25, 0.3) is 0 Å². The lowest BCUT2D eigenvalue weighted by Crippen LogP contribution is -2.32. The van der Waals surface area contributed by atoms with Crippen molar-refractivity contribution in [2.24, 2.45) is 5.73 Å². The van der Waals surface area contributed by atoms with Gasteiger partial charge in [0, 0.05) is 18.2 Å². The molecule has 1 fully saturated rings. The second kappa shape index (κ2) is 5.93. The van der Waals surface area contributed by atoms with Crippen molar-refractivity contribution in [2.45, 2.75) is 31.9 Å². The Morgan fingerprint density at radius 3 is 2.95 bits per heavy atom. The number of amides is 1. The summed E-state index contributed by atoms with van der Waals surface area (Å²) in [6.07, 6.45) is 2.12. The van der Waals surface area contributed by atoms with Crippen LogP contribution in [0.5, 0.6) is 5.75 Å². The summed E-state index contributed by atoms with van der Waals surface area (Å²) in [5, 5.41) is 3.41. The van der Waals surface area contributed by atoms with Gasteiger partial charge in [0.1, 0.15) is 5.75 Å². The van der Waals surface area contributed by atoms with Gasteiger partial charge in [-0.25, -0.2) is 0 Å². The molecule has 1 aromatic rings. The van der Waals surface area contributed by atoms with Crippen LogP contribution in [0.3, 0.4) is 0 Å². The molecule has 1 amide bonds. The molecule has 0 aliphatic carbocycles. The molecule has 104 valence electrons. The van der Waals surface area contributed by atoms with Crippen LogP contribution in [-0.2, 0) is 4.74 Å². The van der Waals surface area contributed by atoms with Gasteiger partial charge in [0.05, 0.1) is 18.9 Å². The highest BCUT2D eigenvalue weighted by molar-refractivity contribution is 5.94. The molecular formula is C14H20N2O3. The van der Waals surface area contributed by atoms with Crippen molar-refractivity contribution in [1.82, 2.24) is 0 Å². The maximum absolute atomic E-state index is 11.2. The van der Waals surface area contributed by atoms with Gasteiger partial charge in [-0.2, -0.15) is 0 Å². The summed E-state index contributed by atoms with van der Waals surface area (Å²) >= 11 is 0. The molecule has 3 N–H and O–H groups in total. The van der Waals surface area contributed by atoms with Gasteiger partial charge in [-0.15, -0.1) is 0 Å². The van der Waals surface area contributed by atoms with Crippen molar-refractivity contribution in [3.05, 3.63) is 23.8 Å². The molecule has 0 radical (unpaired) electrons. The van der Waals surface area contributed by atoms with E-state index in [4.69, 9.17) is 15.2 Å². The number of methoxy groups -OCH3 is 1. The van der Waals surface area contributed by atoms with E-state index in [1.165, 1.54) is 0 Å². The SMILES string of the molecule is COc1ccc(C(N)=O)cc1NC1CCOC(C)C1. The molecule has 19 heavy (non-hydrogen) atoms. The Hall–Kier alpha value is -1.75. The van der Waals surface area contributed by atoms with E-state index in [1.807, 2.05) is 0 Å². The average molecular weight is 264 g/mol. The van der Waals surface area contributed by atoms with Gasteiger partial charge in [-0.3, -0.25) is 4.79 Å². The average Bonchev–Trinajstić information content (AvgIpc) is 2.38. The Labute approximate surface area is 113 Å². The van der Waals surface area contributed by atoms with Crippen LogP contribution >= 0.6 is 0 Å². The summed E-state index contributed by atoms with van der Waals surface area (Å²) in [5.74, 6) is 0.273. The monoisotopic (exact) mass is 264 g/mol. The zero-order chi connectivity index (χ0) is 13.8. The highest BCUT2D eigenvalue weighted by Gasteiger charge is 2.20. The minimum atomic E-state index is -0.439. The minimum Gasteiger partial charge on any atom is -0.495 e. The molecule has 5 nitrogen and oxygen atoms in total. The first-order valence-corrected chi connectivity index (χ1v) is 6.46. The molecular weight excluding hydrogens is 244 g/mol. The summed E-state index contributed by atoms with van der Waals surface area (Å²) in [6.45, 7) is 2.81. The molecule has 1 aliphatic heterocycles. The third kappa shape index (κ3) is 3.38. The molecule has 2 unspecified atom stereocenters. The lowest BCUT2D eigenvalue weighted by atomic mass is 10.0. The predicted molar refractivity (Wildman–Crippen MR) is 73.6 cm³/mol. The molecule has 2 rings (SSSR count). The summed E-state index contributed by atoms with van der Waals surface area (Å²) in [5.41, 5.74) is 6.58. The molecule has 1 saturated heterocycles. The van der Waals surface area contributed by atoms with E-state index in [9.17, 15) is 4.79 Å². The summed E-state index contributed by atoms with van der Waals surface area (Å²) in [4.78, 5) is 11.2. The van der Waals surface area contributed by atoms with E-state index in [1.54, 1.807) is 25.3 Å². The molecule has 1 heterocycles. The Morgan fingerprint density at radius 1 is 1.53 bits per heavy atom. The van der Waals surface area contributed by atoms with Gasteiger partial charge in [-0.05, 0) is 38.0 Å². The predicted octanol–water partition coefficient (Wildman–Crippen LogP) is 1.77. The number of primary amides is 1. The smallest absolute Gasteiger partial charge is 0.248 e. The van der Waals surface area contributed by atoms with E-state index in [-0.39, 0.29) is 6.10 Å². The molecule has 2 atom stereocenters. The number of rotatable bonds is 4. The number of ether oxygens (including phenoxy) is 2. The maximum Gasteiger partial charge on any atom is 0.248 e. The summed E-state index contributed by atoms with van der Waals surface area (Å²) in [7, 11) is 1.61. The van der Waals surface area contributed by atoms with Crippen molar-refractivity contribution in [2.75, 3.05) is 19.0 Å². The second-order valence-corrected chi connectivity index (χ2v) is 4.83. The summed E-state index contributed by atoms with van der Waals surface area (Å²) in [6, 6.07) is 5.48. The topological polar surface area (TPSA) is 73.6 Å². The fraction of sp³-hybridized carbons (Fsp3) is 0.500. The quantitative estimate of drug-likeness (QED) is 0.869. The van der Waals surface area contributed by atoms with Gasteiger partial charge in [-0.1, -0.05) is 0 Å². The summed E-state index contributed by atoms with van der Waals surface area (Å²) < 4.78 is 10.8. The third-order valence-corrected chi connectivity index (χ3v) is 3.33. The van der Waals surface area contributed by atoms with E-state index in [0.717, 1.165) is 25.1 Å². The van der Waals surface area contributed by atoms with Crippen molar-refractivity contribution in [1.29, 1.82) is 0 Å². The van der Waals surface area contributed by atoms with E-state index in [0.29, 0.717) is 17.4 Å². The number of nitrogens with one attached hydrogen (secondary N) is 1. The number of hydrogen-bond donors (Lipinski definition) is 2. The van der Waals surface area contributed by atoms with E-state index < -0.39 is 5.91 Å². The molecule has 0 spiro atoms. The number of carbonyl (C=O) groups excluding carboxylic acids is 1. The number of benzene rings is 1. The fourth-order valence-electron chi connectivity index (χ4n) is 2.32. The molecule has 0 saturated carbocycles. The standard InChI is InChI=1S/C14H20N2O3/c1-9-7-11(5-6-19-9)16-12-8-10(14(15)17)3-4-13(12)18-2/h3-4,8-9,11,16H,5-7H2,1-2H3,(H2,15,17). The first kappa shape index (κ1) is 13.7. The third-order valence-electron chi connectivity index (χ3n) is 3.33. The van der Waals surface area contributed by atoms with Crippen molar-refractivity contribution in [3.63, 3.8) is 0 Å². The lowest BCUT2D eigenvalue weighted by molar-refractivity contribution is 0.0232. The minimum absolute atomic E-state index is 0.247. The van der Waals surface area contributed by atoms with Crippen LogP contribution in [0.4, 0.5) is 5.69 Å². The van der Waals surface area contributed by atoms with Crippen LogP contribution in [-0.4, -0.2) is 31.8 Å². The first-order valence-electron chi connectivity index (χ1n) is 6.46. The molecule has 0 bridgehead atoms. The molecule has 0 aromatic heterocycles. The van der Waals surface area contributed by atoms with E-state index >= 15 is 0 Å². The highest BCUT2D eigenvalue weighted by atomic mass is 16.5. The zero-order valence-electron chi connectivity index (χ0n) is 11.3. The van der Waals surface area contributed by atoms with Crippen LogP contribution in [0, 0.1) is 0 Å². The van der Waals surface area contributed by atoms with Crippen molar-refractivity contribution >= 4 is 11.6 Å². The van der Waals surface area contributed by atoms with Gasteiger partial charge in [0.15, 0.2) is 0 Å². The Balaban J connectivity index is 2.17. The van der Waals surface area contributed by atoms with Gasteiger partial charge in [0.2, 0.25) is 5.91 Å². The van der Waals surface area contributed by atoms with Crippen LogP contribution in [0.1, 0.15) is 30.1 Å². The van der Waals surface area contributed by atoms with Gasteiger partial charge in [0.25, 0.3) is 0 Å². The Bertz CT molecular complexity index is 462. The fourth-order valence-corrected chi connectivity index (χ4v) is 2.32. The second-order valence-electron chi connectivity index (χ2n) is 4.83. The van der Waals surface area contributed by atoms with Crippen molar-refractivity contribution in [3.8, 4) is 5.75 Å². The normalized spacial score (nSPS) is 22.8. The van der Waals surface area contributed by atoms with Gasteiger partial charge >= 0.3 is 0 Å². The number of carbonyl (C=O) groups is 1. The molecule has 5 heteroatoms. The van der Waals surface area contributed by atoms with E-state index in [2.05, 4.69) is 12.2 Å². The largest absolute Gasteiger partial charge is 0.495 e. The number of anilines is 1. The molecule has 1 aliphatic rings. The lowest BCUT2D eigenvalue weighted by Gasteiger charge is -2.29. The van der Waals surface area contributed by atoms with Gasteiger partial charge < -0.3 is 20.5 Å². The van der Waals surface area contributed by atoms with Crippen LogP contribution in [0.15, 0.2) is 18.2 Å². The van der Waals surface area contributed by atoms with Crippen LogP contribution < -0.4 is 15.8 Å². The van der Waals surface area contributed by atoms with Crippen molar-refractivity contribution < 1.29 is 14.3 Å².